The largest absolute Gasteiger partial charge is 0.496 e. The van der Waals surface area contributed by atoms with Crippen molar-refractivity contribution in [2.24, 2.45) is 0 Å². The third kappa shape index (κ3) is 3.37. The highest BCUT2D eigenvalue weighted by atomic mass is 16.5. The predicted octanol–water partition coefficient (Wildman–Crippen LogP) is 3.42. The zero-order chi connectivity index (χ0) is 14.4. The Morgan fingerprint density at radius 1 is 1.20 bits per heavy atom. The van der Waals surface area contributed by atoms with Gasteiger partial charge in [0.2, 0.25) is 0 Å². The van der Waals surface area contributed by atoms with E-state index in [9.17, 15) is 0 Å². The fourth-order valence-electron chi connectivity index (χ4n) is 2.16. The molecule has 0 aliphatic rings. The number of hydrogen-bond acceptors (Lipinski definition) is 3. The molecule has 20 heavy (non-hydrogen) atoms. The molecule has 3 heteroatoms. The number of para-hydroxylation sites is 1. The SMILES string of the molecule is COc1ccccc1[C@@H](C)NCc1cccc(C#N)c1. The summed E-state index contributed by atoms with van der Waals surface area (Å²) in [5.74, 6) is 0.887. The van der Waals surface area contributed by atoms with Crippen molar-refractivity contribution in [1.82, 2.24) is 5.32 Å². The van der Waals surface area contributed by atoms with Gasteiger partial charge in [-0.05, 0) is 30.7 Å². The molecule has 1 N–H and O–H groups in total. The summed E-state index contributed by atoms with van der Waals surface area (Å²) in [5, 5.41) is 12.4. The number of nitrogens with one attached hydrogen (secondary N) is 1. The summed E-state index contributed by atoms with van der Waals surface area (Å²) in [4.78, 5) is 0. The standard InChI is InChI=1S/C17H18N2O/c1-13(16-8-3-4-9-17(16)20-2)19-12-15-7-5-6-14(10-15)11-18/h3-10,13,19H,12H2,1-2H3/t13-/m1/s1. The number of benzene rings is 2. The van der Waals surface area contributed by atoms with Gasteiger partial charge in [-0.3, -0.25) is 0 Å². The van der Waals surface area contributed by atoms with E-state index in [-0.39, 0.29) is 6.04 Å². The molecule has 0 radical (unpaired) electrons. The second-order valence-corrected chi connectivity index (χ2v) is 4.66. The first-order chi connectivity index (χ1) is 9.74. The molecule has 3 nitrogen and oxygen atoms in total. The van der Waals surface area contributed by atoms with Crippen molar-refractivity contribution in [1.29, 1.82) is 5.26 Å². The number of rotatable bonds is 5. The van der Waals surface area contributed by atoms with E-state index in [2.05, 4.69) is 24.4 Å². The highest BCUT2D eigenvalue weighted by molar-refractivity contribution is 5.36. The lowest BCUT2D eigenvalue weighted by atomic mass is 10.1. The van der Waals surface area contributed by atoms with Gasteiger partial charge in [0.05, 0.1) is 18.7 Å². The molecule has 0 aliphatic carbocycles. The molecule has 2 rings (SSSR count). The van der Waals surface area contributed by atoms with Gasteiger partial charge in [0, 0.05) is 18.2 Å². The molecule has 0 unspecified atom stereocenters. The summed E-state index contributed by atoms with van der Waals surface area (Å²) >= 11 is 0. The monoisotopic (exact) mass is 266 g/mol. The molecule has 2 aromatic rings. The first-order valence-corrected chi connectivity index (χ1v) is 6.60. The van der Waals surface area contributed by atoms with Crippen LogP contribution in [0.5, 0.6) is 5.75 Å². The Morgan fingerprint density at radius 2 is 2.00 bits per heavy atom. The van der Waals surface area contributed by atoms with Crippen LogP contribution in [-0.2, 0) is 6.54 Å². The number of ether oxygens (including phenoxy) is 1. The highest BCUT2D eigenvalue weighted by Crippen LogP contribution is 2.24. The normalized spacial score (nSPS) is 11.7. The fraction of sp³-hybridized carbons (Fsp3) is 0.235. The molecule has 0 heterocycles. The Bertz CT molecular complexity index is 616. The van der Waals surface area contributed by atoms with Crippen LogP contribution in [0.25, 0.3) is 0 Å². The Kier molecular flexibility index (Phi) is 4.75. The van der Waals surface area contributed by atoms with Gasteiger partial charge in [-0.15, -0.1) is 0 Å². The van der Waals surface area contributed by atoms with Crippen LogP contribution < -0.4 is 10.1 Å². The van der Waals surface area contributed by atoms with E-state index in [0.717, 1.165) is 16.9 Å². The molecule has 0 amide bonds. The third-order valence-electron chi connectivity index (χ3n) is 3.27. The van der Waals surface area contributed by atoms with Crippen molar-refractivity contribution >= 4 is 0 Å². The second-order valence-electron chi connectivity index (χ2n) is 4.66. The van der Waals surface area contributed by atoms with Crippen molar-refractivity contribution < 1.29 is 4.74 Å². The summed E-state index contributed by atoms with van der Waals surface area (Å²) in [6, 6.07) is 18.0. The molecular formula is C17H18N2O. The summed E-state index contributed by atoms with van der Waals surface area (Å²) in [5.41, 5.74) is 2.92. The average Bonchev–Trinajstić information content (AvgIpc) is 2.52. The van der Waals surface area contributed by atoms with Crippen LogP contribution in [0.2, 0.25) is 0 Å². The Balaban J connectivity index is 2.05. The molecule has 1 atom stereocenters. The summed E-state index contributed by atoms with van der Waals surface area (Å²) in [6.45, 7) is 2.82. The Hall–Kier alpha value is -2.31. The third-order valence-corrected chi connectivity index (χ3v) is 3.27. The zero-order valence-corrected chi connectivity index (χ0v) is 11.8. The maximum Gasteiger partial charge on any atom is 0.123 e. The van der Waals surface area contributed by atoms with Crippen LogP contribution in [0.15, 0.2) is 48.5 Å². The lowest BCUT2D eigenvalue weighted by Gasteiger charge is -2.17. The van der Waals surface area contributed by atoms with E-state index in [1.54, 1.807) is 7.11 Å². The summed E-state index contributed by atoms with van der Waals surface area (Å²) in [7, 11) is 1.68. The minimum atomic E-state index is 0.178. The van der Waals surface area contributed by atoms with Gasteiger partial charge in [-0.2, -0.15) is 5.26 Å². The number of nitrogens with zero attached hydrogens (tertiary/aromatic N) is 1. The van der Waals surface area contributed by atoms with Crippen LogP contribution >= 0.6 is 0 Å². The van der Waals surface area contributed by atoms with Crippen LogP contribution in [0.4, 0.5) is 0 Å². The van der Waals surface area contributed by atoms with Crippen molar-refractivity contribution in [3.05, 3.63) is 65.2 Å². The van der Waals surface area contributed by atoms with Gasteiger partial charge >= 0.3 is 0 Å². The van der Waals surface area contributed by atoms with Gasteiger partial charge in [-0.25, -0.2) is 0 Å². The Labute approximate surface area is 119 Å². The Morgan fingerprint density at radius 3 is 2.75 bits per heavy atom. The topological polar surface area (TPSA) is 45.0 Å². The smallest absolute Gasteiger partial charge is 0.123 e. The van der Waals surface area contributed by atoms with E-state index >= 15 is 0 Å². The maximum absolute atomic E-state index is 8.90. The van der Waals surface area contributed by atoms with Crippen molar-refractivity contribution in [3.63, 3.8) is 0 Å². The summed E-state index contributed by atoms with van der Waals surface area (Å²) < 4.78 is 5.37. The number of methoxy groups -OCH3 is 1. The first-order valence-electron chi connectivity index (χ1n) is 6.60. The highest BCUT2D eigenvalue weighted by Gasteiger charge is 2.10. The van der Waals surface area contributed by atoms with Gasteiger partial charge in [-0.1, -0.05) is 30.3 Å². The van der Waals surface area contributed by atoms with E-state index in [1.807, 2.05) is 42.5 Å². The molecule has 0 saturated carbocycles. The molecular weight excluding hydrogens is 248 g/mol. The minimum Gasteiger partial charge on any atom is -0.496 e. The molecule has 0 fully saturated rings. The number of nitriles is 1. The predicted molar refractivity (Wildman–Crippen MR) is 79.4 cm³/mol. The van der Waals surface area contributed by atoms with Gasteiger partial charge in [0.15, 0.2) is 0 Å². The van der Waals surface area contributed by atoms with Crippen LogP contribution in [0.3, 0.4) is 0 Å². The average molecular weight is 266 g/mol. The quantitative estimate of drug-likeness (QED) is 0.902. The molecule has 0 saturated heterocycles. The van der Waals surface area contributed by atoms with Crippen LogP contribution in [0.1, 0.15) is 29.7 Å². The van der Waals surface area contributed by atoms with Gasteiger partial charge in [0.25, 0.3) is 0 Å². The molecule has 102 valence electrons. The van der Waals surface area contributed by atoms with E-state index in [1.165, 1.54) is 0 Å². The van der Waals surface area contributed by atoms with E-state index in [4.69, 9.17) is 10.00 Å². The number of hydrogen-bond donors (Lipinski definition) is 1. The maximum atomic E-state index is 8.90. The second kappa shape index (κ2) is 6.74. The fourth-order valence-corrected chi connectivity index (χ4v) is 2.16. The van der Waals surface area contributed by atoms with Crippen molar-refractivity contribution in [2.75, 3.05) is 7.11 Å². The van der Waals surface area contributed by atoms with Crippen molar-refractivity contribution in [2.45, 2.75) is 19.5 Å². The lowest BCUT2D eigenvalue weighted by molar-refractivity contribution is 0.401. The lowest BCUT2D eigenvalue weighted by Crippen LogP contribution is -2.18. The molecule has 0 spiro atoms. The first kappa shape index (κ1) is 14.1. The van der Waals surface area contributed by atoms with Gasteiger partial charge in [0.1, 0.15) is 5.75 Å². The van der Waals surface area contributed by atoms with Crippen molar-refractivity contribution in [3.8, 4) is 11.8 Å². The molecule has 0 aliphatic heterocycles. The molecule has 2 aromatic carbocycles. The summed E-state index contributed by atoms with van der Waals surface area (Å²) in [6.07, 6.45) is 0. The van der Waals surface area contributed by atoms with Gasteiger partial charge < -0.3 is 10.1 Å². The molecule has 0 aromatic heterocycles. The zero-order valence-electron chi connectivity index (χ0n) is 11.8. The van der Waals surface area contributed by atoms with E-state index < -0.39 is 0 Å². The van der Waals surface area contributed by atoms with Crippen LogP contribution in [-0.4, -0.2) is 7.11 Å². The minimum absolute atomic E-state index is 0.178. The molecule has 0 bridgehead atoms. The van der Waals surface area contributed by atoms with E-state index in [0.29, 0.717) is 12.1 Å². The van der Waals surface area contributed by atoms with Crippen LogP contribution in [0, 0.1) is 11.3 Å².